The van der Waals surface area contributed by atoms with Crippen LogP contribution in [0.2, 0.25) is 0 Å². The smallest absolute Gasteiger partial charge is 0.0802 e. The Bertz CT molecular complexity index is 115. The third-order valence-electron chi connectivity index (χ3n) is 2.85. The number of ether oxygens (including phenoxy) is 1. The highest BCUT2D eigenvalue weighted by Crippen LogP contribution is 2.34. The first kappa shape index (κ1) is 10.0. The first-order chi connectivity index (χ1) is 5.83. The SMILES string of the molecule is CCCCNCC1(OC)CCC1. The molecular formula is C10H21NO. The van der Waals surface area contributed by atoms with Gasteiger partial charge in [0.25, 0.3) is 0 Å². The second-order valence-corrected chi connectivity index (χ2v) is 3.77. The van der Waals surface area contributed by atoms with Crippen molar-refractivity contribution in [2.24, 2.45) is 0 Å². The lowest BCUT2D eigenvalue weighted by Gasteiger charge is -2.40. The molecule has 1 N–H and O–H groups in total. The molecule has 2 nitrogen and oxygen atoms in total. The summed E-state index contributed by atoms with van der Waals surface area (Å²) in [5.74, 6) is 0. The molecule has 12 heavy (non-hydrogen) atoms. The van der Waals surface area contributed by atoms with Crippen LogP contribution in [0.25, 0.3) is 0 Å². The zero-order valence-corrected chi connectivity index (χ0v) is 8.36. The van der Waals surface area contributed by atoms with Crippen LogP contribution < -0.4 is 5.32 Å². The highest BCUT2D eigenvalue weighted by molar-refractivity contribution is 4.91. The van der Waals surface area contributed by atoms with Crippen molar-refractivity contribution in [3.63, 3.8) is 0 Å². The van der Waals surface area contributed by atoms with Gasteiger partial charge in [0.1, 0.15) is 0 Å². The van der Waals surface area contributed by atoms with Crippen molar-refractivity contribution in [3.05, 3.63) is 0 Å². The fraction of sp³-hybridized carbons (Fsp3) is 1.00. The van der Waals surface area contributed by atoms with Crippen molar-refractivity contribution in [3.8, 4) is 0 Å². The van der Waals surface area contributed by atoms with Crippen molar-refractivity contribution < 1.29 is 4.74 Å². The van der Waals surface area contributed by atoms with Crippen LogP contribution in [0.4, 0.5) is 0 Å². The predicted octanol–water partition coefficient (Wildman–Crippen LogP) is 1.95. The average Bonchev–Trinajstić information content (AvgIpc) is 2.02. The Labute approximate surface area is 75.7 Å². The van der Waals surface area contributed by atoms with E-state index in [1.165, 1.54) is 32.1 Å². The van der Waals surface area contributed by atoms with Crippen LogP contribution in [0.1, 0.15) is 39.0 Å². The highest BCUT2D eigenvalue weighted by atomic mass is 16.5. The summed E-state index contributed by atoms with van der Waals surface area (Å²) in [7, 11) is 1.83. The number of rotatable bonds is 6. The van der Waals surface area contributed by atoms with E-state index in [-0.39, 0.29) is 5.60 Å². The van der Waals surface area contributed by atoms with E-state index in [0.717, 1.165) is 13.1 Å². The minimum Gasteiger partial charge on any atom is -0.377 e. The molecule has 0 spiro atoms. The summed E-state index contributed by atoms with van der Waals surface area (Å²) >= 11 is 0. The zero-order chi connectivity index (χ0) is 8.86. The van der Waals surface area contributed by atoms with Crippen LogP contribution in [0.15, 0.2) is 0 Å². The van der Waals surface area contributed by atoms with E-state index in [1.54, 1.807) is 0 Å². The molecule has 0 aliphatic heterocycles. The molecule has 2 heteroatoms. The molecule has 0 saturated heterocycles. The van der Waals surface area contributed by atoms with Gasteiger partial charge in [-0.2, -0.15) is 0 Å². The molecule has 0 radical (unpaired) electrons. The second-order valence-electron chi connectivity index (χ2n) is 3.77. The van der Waals surface area contributed by atoms with Crippen molar-refractivity contribution in [1.82, 2.24) is 5.32 Å². The number of nitrogens with one attached hydrogen (secondary N) is 1. The molecule has 0 aromatic rings. The average molecular weight is 171 g/mol. The lowest BCUT2D eigenvalue weighted by Crippen LogP contribution is -2.48. The van der Waals surface area contributed by atoms with Gasteiger partial charge in [-0.15, -0.1) is 0 Å². The van der Waals surface area contributed by atoms with Gasteiger partial charge in [0.15, 0.2) is 0 Å². The minimum absolute atomic E-state index is 0.202. The van der Waals surface area contributed by atoms with Gasteiger partial charge in [0.05, 0.1) is 5.60 Å². The van der Waals surface area contributed by atoms with E-state index in [9.17, 15) is 0 Å². The minimum atomic E-state index is 0.202. The number of methoxy groups -OCH3 is 1. The van der Waals surface area contributed by atoms with Gasteiger partial charge in [-0.25, -0.2) is 0 Å². The molecule has 0 aromatic heterocycles. The topological polar surface area (TPSA) is 21.3 Å². The molecule has 1 rings (SSSR count). The molecule has 0 atom stereocenters. The Hall–Kier alpha value is -0.0800. The van der Waals surface area contributed by atoms with Gasteiger partial charge in [-0.05, 0) is 32.2 Å². The van der Waals surface area contributed by atoms with Gasteiger partial charge >= 0.3 is 0 Å². The molecule has 0 unspecified atom stereocenters. The van der Waals surface area contributed by atoms with Crippen LogP contribution in [-0.2, 0) is 4.74 Å². The normalized spacial score (nSPS) is 20.5. The molecule has 1 aliphatic carbocycles. The Morgan fingerprint density at radius 3 is 2.58 bits per heavy atom. The van der Waals surface area contributed by atoms with Crippen molar-refractivity contribution >= 4 is 0 Å². The van der Waals surface area contributed by atoms with Crippen LogP contribution in [-0.4, -0.2) is 25.8 Å². The van der Waals surface area contributed by atoms with E-state index in [1.807, 2.05) is 7.11 Å². The lowest BCUT2D eigenvalue weighted by atomic mass is 9.80. The van der Waals surface area contributed by atoms with E-state index in [2.05, 4.69) is 12.2 Å². The molecule has 0 bridgehead atoms. The van der Waals surface area contributed by atoms with E-state index in [0.29, 0.717) is 0 Å². The molecule has 1 saturated carbocycles. The Morgan fingerprint density at radius 2 is 2.17 bits per heavy atom. The fourth-order valence-electron chi connectivity index (χ4n) is 1.64. The molecule has 0 aromatic carbocycles. The summed E-state index contributed by atoms with van der Waals surface area (Å²) in [4.78, 5) is 0. The van der Waals surface area contributed by atoms with Gasteiger partial charge in [0, 0.05) is 13.7 Å². The standard InChI is InChI=1S/C10H21NO/c1-3-4-8-11-9-10(12-2)6-5-7-10/h11H,3-9H2,1-2H3. The van der Waals surface area contributed by atoms with Gasteiger partial charge < -0.3 is 10.1 Å². The van der Waals surface area contributed by atoms with Crippen LogP contribution >= 0.6 is 0 Å². The summed E-state index contributed by atoms with van der Waals surface area (Å²) in [6.45, 7) is 4.40. The van der Waals surface area contributed by atoms with Crippen molar-refractivity contribution in [1.29, 1.82) is 0 Å². The number of hydrogen-bond acceptors (Lipinski definition) is 2. The van der Waals surface area contributed by atoms with Gasteiger partial charge in [0.2, 0.25) is 0 Å². The third kappa shape index (κ3) is 2.46. The predicted molar refractivity (Wildman–Crippen MR) is 51.4 cm³/mol. The number of hydrogen-bond donors (Lipinski definition) is 1. The summed E-state index contributed by atoms with van der Waals surface area (Å²) in [5, 5.41) is 3.46. The maximum absolute atomic E-state index is 5.49. The largest absolute Gasteiger partial charge is 0.377 e. The fourth-order valence-corrected chi connectivity index (χ4v) is 1.64. The van der Waals surface area contributed by atoms with E-state index >= 15 is 0 Å². The highest BCUT2D eigenvalue weighted by Gasteiger charge is 2.36. The molecular weight excluding hydrogens is 150 g/mol. The third-order valence-corrected chi connectivity index (χ3v) is 2.85. The van der Waals surface area contributed by atoms with Crippen molar-refractivity contribution in [2.75, 3.05) is 20.2 Å². The summed E-state index contributed by atoms with van der Waals surface area (Å²) in [6.07, 6.45) is 6.36. The molecule has 0 heterocycles. The maximum atomic E-state index is 5.49. The Balaban J connectivity index is 2.04. The van der Waals surface area contributed by atoms with Crippen LogP contribution in [0, 0.1) is 0 Å². The van der Waals surface area contributed by atoms with E-state index < -0.39 is 0 Å². The summed E-state index contributed by atoms with van der Waals surface area (Å²) in [6, 6.07) is 0. The van der Waals surface area contributed by atoms with Crippen molar-refractivity contribution in [2.45, 2.75) is 44.6 Å². The van der Waals surface area contributed by atoms with Gasteiger partial charge in [-0.1, -0.05) is 13.3 Å². The summed E-state index contributed by atoms with van der Waals surface area (Å²) in [5.41, 5.74) is 0.202. The Morgan fingerprint density at radius 1 is 1.42 bits per heavy atom. The second kappa shape index (κ2) is 4.83. The Kier molecular flexibility index (Phi) is 4.02. The van der Waals surface area contributed by atoms with Crippen LogP contribution in [0.5, 0.6) is 0 Å². The van der Waals surface area contributed by atoms with E-state index in [4.69, 9.17) is 4.74 Å². The number of unbranched alkanes of at least 4 members (excludes halogenated alkanes) is 1. The monoisotopic (exact) mass is 171 g/mol. The molecule has 1 fully saturated rings. The zero-order valence-electron chi connectivity index (χ0n) is 8.36. The molecule has 72 valence electrons. The first-order valence-electron chi connectivity index (χ1n) is 5.09. The molecule has 1 aliphatic rings. The summed E-state index contributed by atoms with van der Waals surface area (Å²) < 4.78 is 5.49. The lowest BCUT2D eigenvalue weighted by molar-refractivity contribution is -0.0692. The quantitative estimate of drug-likeness (QED) is 0.617. The maximum Gasteiger partial charge on any atom is 0.0802 e. The van der Waals surface area contributed by atoms with Gasteiger partial charge in [-0.3, -0.25) is 0 Å². The first-order valence-corrected chi connectivity index (χ1v) is 5.09. The molecule has 0 amide bonds. The van der Waals surface area contributed by atoms with Crippen LogP contribution in [0.3, 0.4) is 0 Å².